The number of hydrogen-bond acceptors (Lipinski definition) is 12. The molecule has 0 aliphatic carbocycles. The largest absolute Gasteiger partial charge is 0.395 e. The Bertz CT molecular complexity index is 2190. The number of unbranched alkanes of at least 4 members (excludes halogenated alkanes) is 3. The van der Waals surface area contributed by atoms with Gasteiger partial charge in [0.05, 0.1) is 24.6 Å². The second kappa shape index (κ2) is 25.0. The minimum absolute atomic E-state index is 0.0291. The van der Waals surface area contributed by atoms with Gasteiger partial charge in [0.2, 0.25) is 6.54 Å². The quantitative estimate of drug-likeness (QED) is 0.0177. The van der Waals surface area contributed by atoms with Crippen molar-refractivity contribution in [3.8, 4) is 11.1 Å². The molecule has 0 atom stereocenters. The number of carbonyl (C=O) groups is 6. The Kier molecular flexibility index (Phi) is 19.2. The molecule has 0 aliphatic rings. The van der Waals surface area contributed by atoms with E-state index in [1.165, 1.54) is 7.05 Å². The van der Waals surface area contributed by atoms with Crippen LogP contribution in [0.25, 0.3) is 11.1 Å². The van der Waals surface area contributed by atoms with E-state index in [1.54, 1.807) is 60.3 Å². The van der Waals surface area contributed by atoms with Crippen LogP contribution in [-0.2, 0) is 42.0 Å². The van der Waals surface area contributed by atoms with Gasteiger partial charge in [0.15, 0.2) is 12.4 Å². The molecule has 1 aromatic heterocycles. The van der Waals surface area contributed by atoms with Crippen LogP contribution in [0.1, 0.15) is 52.7 Å². The summed E-state index contributed by atoms with van der Waals surface area (Å²) in [6.45, 7) is 4.28. The van der Waals surface area contributed by atoms with Crippen LogP contribution in [0, 0.1) is 13.8 Å². The summed E-state index contributed by atoms with van der Waals surface area (Å²) < 4.78 is 1.62. The second-order valence-electron chi connectivity index (χ2n) is 14.2. The fraction of sp³-hybridized carbons (Fsp3) is 0.326. The van der Waals surface area contributed by atoms with E-state index in [-0.39, 0.29) is 31.5 Å². The molecule has 3 aromatic carbocycles. The van der Waals surface area contributed by atoms with Crippen molar-refractivity contribution >= 4 is 52.5 Å². The van der Waals surface area contributed by atoms with Crippen molar-refractivity contribution in [2.75, 3.05) is 56.2 Å². The smallest absolute Gasteiger partial charge is 0.327 e. The number of anilines is 3. The maximum absolute atomic E-state index is 12.8. The Morgan fingerprint density at radius 2 is 1.40 bits per heavy atom. The SMILES string of the molecule is Cc1cc(NC(=O)C[n+]2cccc(C(=O)NCCCCCCNOCc3cccc(-c4ccc(NNC(=O)C(=O)N(C)CO)c(C)c4)c3)c2)ccc1NNC(=O)C(=O)NCCO. The molecule has 62 heavy (non-hydrogen) atoms. The lowest BCUT2D eigenvalue weighted by molar-refractivity contribution is -0.684. The van der Waals surface area contributed by atoms with Crippen LogP contribution in [0.3, 0.4) is 0 Å². The van der Waals surface area contributed by atoms with Gasteiger partial charge in [-0.25, -0.2) is 5.48 Å². The number of amides is 6. The topological polar surface area (TPSA) is 255 Å². The number of hydrazine groups is 2. The van der Waals surface area contributed by atoms with Crippen molar-refractivity contribution in [1.29, 1.82) is 0 Å². The fourth-order valence-electron chi connectivity index (χ4n) is 5.86. The highest BCUT2D eigenvalue weighted by molar-refractivity contribution is 6.35. The third kappa shape index (κ3) is 15.6. The molecule has 1 heterocycles. The minimum atomic E-state index is -0.919. The van der Waals surface area contributed by atoms with Crippen molar-refractivity contribution in [3.63, 3.8) is 0 Å². The van der Waals surface area contributed by atoms with Crippen molar-refractivity contribution in [3.05, 3.63) is 107 Å². The number of aromatic nitrogens is 1. The van der Waals surface area contributed by atoms with Gasteiger partial charge in [0, 0.05) is 38.4 Å². The number of benzene rings is 3. The maximum atomic E-state index is 12.8. The van der Waals surface area contributed by atoms with Gasteiger partial charge in [-0.1, -0.05) is 37.1 Å². The number of carbonyl (C=O) groups excluding carboxylic acids is 6. The Morgan fingerprint density at radius 3 is 2.11 bits per heavy atom. The molecule has 4 rings (SSSR count). The summed E-state index contributed by atoms with van der Waals surface area (Å²) in [6, 6.07) is 22.0. The molecule has 0 spiro atoms. The van der Waals surface area contributed by atoms with Gasteiger partial charge in [-0.15, -0.1) is 0 Å². The lowest BCUT2D eigenvalue weighted by Gasteiger charge is -2.15. The van der Waals surface area contributed by atoms with E-state index in [2.05, 4.69) is 43.1 Å². The first kappa shape index (κ1) is 47.7. The Morgan fingerprint density at radius 1 is 0.710 bits per heavy atom. The van der Waals surface area contributed by atoms with Gasteiger partial charge in [-0.05, 0) is 97.0 Å². The minimum Gasteiger partial charge on any atom is -0.395 e. The van der Waals surface area contributed by atoms with Crippen molar-refractivity contribution < 1.29 is 48.4 Å². The van der Waals surface area contributed by atoms with Crippen molar-refractivity contribution in [2.24, 2.45) is 0 Å². The van der Waals surface area contributed by atoms with Crippen LogP contribution in [0.5, 0.6) is 0 Å². The molecule has 4 aromatic rings. The van der Waals surface area contributed by atoms with E-state index in [4.69, 9.17) is 15.1 Å². The number of hydroxylamine groups is 1. The highest BCUT2D eigenvalue weighted by atomic mass is 16.6. The molecule has 0 saturated heterocycles. The second-order valence-corrected chi connectivity index (χ2v) is 14.2. The summed E-state index contributed by atoms with van der Waals surface area (Å²) in [7, 11) is 1.32. The number of aliphatic hydroxyl groups excluding tert-OH is 2. The zero-order valence-corrected chi connectivity index (χ0v) is 35.0. The number of nitrogens with zero attached hydrogens (tertiary/aromatic N) is 2. The summed E-state index contributed by atoms with van der Waals surface area (Å²) in [5, 5.41) is 25.8. The Balaban J connectivity index is 1.08. The molecule has 330 valence electrons. The number of aryl methyl sites for hydroxylation is 2. The van der Waals surface area contributed by atoms with Crippen LogP contribution >= 0.6 is 0 Å². The predicted octanol–water partition coefficient (Wildman–Crippen LogP) is 1.31. The van der Waals surface area contributed by atoms with E-state index in [9.17, 15) is 28.8 Å². The van der Waals surface area contributed by atoms with E-state index < -0.39 is 30.4 Å². The van der Waals surface area contributed by atoms with Crippen molar-refractivity contribution in [2.45, 2.75) is 52.7 Å². The number of likely N-dealkylation sites (N-methyl/N-ethyl adjacent to an activating group) is 1. The van der Waals surface area contributed by atoms with E-state index in [1.807, 2.05) is 43.3 Å². The maximum Gasteiger partial charge on any atom is 0.327 e. The van der Waals surface area contributed by atoms with Gasteiger partial charge in [-0.3, -0.25) is 55.3 Å². The summed E-state index contributed by atoms with van der Waals surface area (Å²) in [6.07, 6.45) is 6.89. The fourth-order valence-corrected chi connectivity index (χ4v) is 5.86. The van der Waals surface area contributed by atoms with Crippen LogP contribution in [0.4, 0.5) is 17.1 Å². The molecular weight excluding hydrogens is 801 g/mol. The monoisotopic (exact) mass is 855 g/mol. The highest BCUT2D eigenvalue weighted by Crippen LogP contribution is 2.26. The number of aliphatic hydroxyl groups is 2. The van der Waals surface area contributed by atoms with Crippen LogP contribution < -0.4 is 47.7 Å². The molecule has 0 radical (unpaired) electrons. The Labute approximate surface area is 359 Å². The lowest BCUT2D eigenvalue weighted by atomic mass is 10.0. The molecular formula is C43H55N10O9+. The first-order chi connectivity index (χ1) is 29.9. The first-order valence-electron chi connectivity index (χ1n) is 20.0. The van der Waals surface area contributed by atoms with Gasteiger partial charge < -0.3 is 31.1 Å². The van der Waals surface area contributed by atoms with Gasteiger partial charge in [0.25, 0.3) is 11.8 Å². The summed E-state index contributed by atoms with van der Waals surface area (Å²) >= 11 is 0. The molecule has 0 aliphatic heterocycles. The predicted molar refractivity (Wildman–Crippen MR) is 230 cm³/mol. The first-order valence-corrected chi connectivity index (χ1v) is 20.0. The van der Waals surface area contributed by atoms with Crippen LogP contribution in [-0.4, -0.2) is 90.6 Å². The molecule has 6 amide bonds. The third-order valence-electron chi connectivity index (χ3n) is 9.25. The third-order valence-corrected chi connectivity index (χ3v) is 9.25. The van der Waals surface area contributed by atoms with Crippen LogP contribution in [0.15, 0.2) is 85.2 Å². The molecule has 19 nitrogen and oxygen atoms in total. The lowest BCUT2D eigenvalue weighted by Crippen LogP contribution is -2.43. The molecule has 0 bridgehead atoms. The van der Waals surface area contributed by atoms with Crippen LogP contribution in [0.2, 0.25) is 0 Å². The standard InChI is InChI=1S/C43H54N10O9/c1-29-22-33(13-15-36(29)49-51-42(60)43(61)52(3)28-55)32-11-8-10-31(24-32)27-62-46-18-7-5-4-6-17-44-39(57)34-12-9-20-53(25-34)26-38(56)47-35-14-16-37(30(2)23-35)48-50-41(59)40(58)45-19-21-54/h8-16,20,22-25,46,54-55H,4-7,17-19,21,26-28H2,1-3H3,(H6-,44,45,47,48,49,50,51,56,57,58,59,60,61)/p+1. The summed E-state index contributed by atoms with van der Waals surface area (Å²) in [5.74, 6) is -4.11. The summed E-state index contributed by atoms with van der Waals surface area (Å²) in [5.41, 5.74) is 19.6. The zero-order valence-electron chi connectivity index (χ0n) is 35.0. The molecule has 19 heteroatoms. The average molecular weight is 856 g/mol. The normalized spacial score (nSPS) is 10.6. The molecule has 0 fully saturated rings. The highest BCUT2D eigenvalue weighted by Gasteiger charge is 2.18. The van der Waals surface area contributed by atoms with Crippen molar-refractivity contribution in [1.82, 2.24) is 31.9 Å². The number of pyridine rings is 1. The molecule has 0 saturated carbocycles. The van der Waals surface area contributed by atoms with Gasteiger partial charge >= 0.3 is 23.6 Å². The van der Waals surface area contributed by atoms with E-state index in [0.29, 0.717) is 47.9 Å². The zero-order chi connectivity index (χ0) is 44.9. The molecule has 0 unspecified atom stereocenters. The molecule has 10 N–H and O–H groups in total. The van der Waals surface area contributed by atoms with Gasteiger partial charge in [0.1, 0.15) is 12.3 Å². The van der Waals surface area contributed by atoms with E-state index >= 15 is 0 Å². The average Bonchev–Trinajstić information content (AvgIpc) is 3.27. The summed E-state index contributed by atoms with van der Waals surface area (Å²) in [4.78, 5) is 79.6. The number of rotatable bonds is 22. The number of hydrogen-bond donors (Lipinski definition) is 10. The Hall–Kier alpha value is -6.93. The number of nitrogens with one attached hydrogen (secondary N) is 8. The van der Waals surface area contributed by atoms with Gasteiger partial charge in [-0.2, -0.15) is 4.57 Å². The van der Waals surface area contributed by atoms with E-state index in [0.717, 1.165) is 52.8 Å².